The second kappa shape index (κ2) is 6.91. The highest BCUT2D eigenvalue weighted by atomic mass is 15.2. The molecular formula is C16H32N2. The molecule has 0 aliphatic heterocycles. The van der Waals surface area contributed by atoms with Crippen molar-refractivity contribution in [2.45, 2.75) is 71.4 Å². The molecule has 2 fully saturated rings. The lowest BCUT2D eigenvalue weighted by atomic mass is 9.78. The molecule has 2 aliphatic rings. The Bertz CT molecular complexity index is 235. The van der Waals surface area contributed by atoms with Gasteiger partial charge >= 0.3 is 0 Å². The van der Waals surface area contributed by atoms with Crippen LogP contribution in [0.1, 0.15) is 59.3 Å². The van der Waals surface area contributed by atoms with E-state index >= 15 is 0 Å². The van der Waals surface area contributed by atoms with Gasteiger partial charge in [-0.25, -0.2) is 0 Å². The van der Waals surface area contributed by atoms with Gasteiger partial charge in [-0.15, -0.1) is 0 Å². The summed E-state index contributed by atoms with van der Waals surface area (Å²) in [6.45, 7) is 10.7. The molecule has 1 N–H and O–H groups in total. The molecule has 0 amide bonds. The Kier molecular flexibility index (Phi) is 5.50. The van der Waals surface area contributed by atoms with Crippen LogP contribution >= 0.6 is 0 Å². The van der Waals surface area contributed by atoms with Gasteiger partial charge in [0.2, 0.25) is 0 Å². The van der Waals surface area contributed by atoms with E-state index in [1.807, 2.05) is 0 Å². The van der Waals surface area contributed by atoms with E-state index in [1.165, 1.54) is 58.2 Å². The van der Waals surface area contributed by atoms with Crippen LogP contribution in [0.15, 0.2) is 0 Å². The molecule has 0 bridgehead atoms. The molecule has 2 unspecified atom stereocenters. The second-order valence-corrected chi connectivity index (χ2v) is 6.78. The minimum Gasteiger partial charge on any atom is -0.316 e. The highest BCUT2D eigenvalue weighted by Crippen LogP contribution is 2.38. The smallest absolute Gasteiger partial charge is 0.0139 e. The quantitative estimate of drug-likeness (QED) is 0.677. The summed E-state index contributed by atoms with van der Waals surface area (Å²) < 4.78 is 0. The first kappa shape index (κ1) is 14.3. The third kappa shape index (κ3) is 3.96. The summed E-state index contributed by atoms with van der Waals surface area (Å²) in [7, 11) is 0. The van der Waals surface area contributed by atoms with Crippen LogP contribution in [0, 0.1) is 11.8 Å². The van der Waals surface area contributed by atoms with E-state index in [4.69, 9.17) is 0 Å². The summed E-state index contributed by atoms with van der Waals surface area (Å²) >= 11 is 0. The molecule has 0 aromatic rings. The van der Waals surface area contributed by atoms with Crippen molar-refractivity contribution in [3.8, 4) is 0 Å². The van der Waals surface area contributed by atoms with Crippen molar-refractivity contribution in [3.05, 3.63) is 0 Å². The summed E-state index contributed by atoms with van der Waals surface area (Å²) in [4.78, 5) is 2.86. The average molecular weight is 252 g/mol. The van der Waals surface area contributed by atoms with Gasteiger partial charge in [0.05, 0.1) is 0 Å². The number of hydrogen-bond acceptors (Lipinski definition) is 2. The molecule has 0 heterocycles. The maximum absolute atomic E-state index is 3.66. The molecular weight excluding hydrogens is 220 g/mol. The van der Waals surface area contributed by atoms with Gasteiger partial charge in [-0.05, 0) is 63.6 Å². The maximum atomic E-state index is 3.66. The number of unbranched alkanes of at least 4 members (excludes halogenated alkanes) is 1. The van der Waals surface area contributed by atoms with E-state index in [0.717, 1.165) is 23.9 Å². The van der Waals surface area contributed by atoms with Crippen LogP contribution in [-0.4, -0.2) is 36.6 Å². The Morgan fingerprint density at radius 3 is 2.44 bits per heavy atom. The Balaban J connectivity index is 1.72. The third-order valence-corrected chi connectivity index (χ3v) is 4.55. The fourth-order valence-corrected chi connectivity index (χ4v) is 3.15. The first-order chi connectivity index (χ1) is 8.72. The van der Waals surface area contributed by atoms with Gasteiger partial charge in [0.15, 0.2) is 0 Å². The van der Waals surface area contributed by atoms with Gasteiger partial charge in [-0.3, -0.25) is 4.90 Å². The lowest BCUT2D eigenvalue weighted by molar-refractivity contribution is 0.0534. The zero-order valence-corrected chi connectivity index (χ0v) is 12.6. The highest BCUT2D eigenvalue weighted by molar-refractivity contribution is 4.96. The Hall–Kier alpha value is -0.0800. The molecule has 2 nitrogen and oxygen atoms in total. The van der Waals surface area contributed by atoms with Crippen molar-refractivity contribution in [2.75, 3.05) is 19.6 Å². The van der Waals surface area contributed by atoms with E-state index in [-0.39, 0.29) is 0 Å². The molecule has 0 radical (unpaired) electrons. The average Bonchev–Trinajstić information content (AvgIpc) is 3.11. The zero-order valence-electron chi connectivity index (χ0n) is 12.6. The number of nitrogens with one attached hydrogen (secondary N) is 1. The summed E-state index contributed by atoms with van der Waals surface area (Å²) in [5.74, 6) is 1.71. The minimum atomic E-state index is 0.781. The van der Waals surface area contributed by atoms with Crippen LogP contribution in [0.2, 0.25) is 0 Å². The van der Waals surface area contributed by atoms with Crippen molar-refractivity contribution in [1.82, 2.24) is 10.2 Å². The van der Waals surface area contributed by atoms with Crippen LogP contribution in [0.25, 0.3) is 0 Å². The first-order valence-electron chi connectivity index (χ1n) is 8.18. The fraction of sp³-hybridized carbons (Fsp3) is 1.00. The number of rotatable bonds is 9. The Morgan fingerprint density at radius 1 is 1.17 bits per heavy atom. The molecule has 0 saturated heterocycles. The Labute approximate surface area is 114 Å². The van der Waals surface area contributed by atoms with Crippen molar-refractivity contribution >= 4 is 0 Å². The van der Waals surface area contributed by atoms with E-state index < -0.39 is 0 Å². The Morgan fingerprint density at radius 2 is 1.94 bits per heavy atom. The molecule has 0 spiro atoms. The summed E-state index contributed by atoms with van der Waals surface area (Å²) in [5, 5.41) is 3.66. The molecule has 0 aromatic carbocycles. The van der Waals surface area contributed by atoms with Crippen LogP contribution in [-0.2, 0) is 0 Å². The van der Waals surface area contributed by atoms with Crippen LogP contribution in [0.5, 0.6) is 0 Å². The molecule has 0 aromatic heterocycles. The van der Waals surface area contributed by atoms with Gasteiger partial charge in [-0.2, -0.15) is 0 Å². The van der Waals surface area contributed by atoms with Crippen molar-refractivity contribution in [3.63, 3.8) is 0 Å². The fourth-order valence-electron chi connectivity index (χ4n) is 3.15. The lowest BCUT2D eigenvalue weighted by Crippen LogP contribution is -2.51. The monoisotopic (exact) mass is 252 g/mol. The predicted octanol–water partition coefficient (Wildman–Crippen LogP) is 3.28. The van der Waals surface area contributed by atoms with Gasteiger partial charge in [0, 0.05) is 12.1 Å². The summed E-state index contributed by atoms with van der Waals surface area (Å²) in [5.41, 5.74) is 0. The molecule has 2 rings (SSSR count). The summed E-state index contributed by atoms with van der Waals surface area (Å²) in [6, 6.07) is 1.86. The van der Waals surface area contributed by atoms with Crippen molar-refractivity contribution < 1.29 is 0 Å². The predicted molar refractivity (Wildman–Crippen MR) is 78.9 cm³/mol. The molecule has 2 aliphatic carbocycles. The molecule has 2 saturated carbocycles. The van der Waals surface area contributed by atoms with Crippen LogP contribution < -0.4 is 5.32 Å². The lowest BCUT2D eigenvalue weighted by Gasteiger charge is -2.45. The SMILES string of the molecule is CCCCN(C1CC1)C1CCC1CNCC(C)C. The normalized spacial score (nSPS) is 27.8. The van der Waals surface area contributed by atoms with E-state index in [9.17, 15) is 0 Å². The van der Waals surface area contributed by atoms with Gasteiger partial charge in [-0.1, -0.05) is 27.2 Å². The topological polar surface area (TPSA) is 15.3 Å². The van der Waals surface area contributed by atoms with Gasteiger partial charge in [0.25, 0.3) is 0 Å². The van der Waals surface area contributed by atoms with Gasteiger partial charge in [0.1, 0.15) is 0 Å². The number of nitrogens with zero attached hydrogens (tertiary/aromatic N) is 1. The highest BCUT2D eigenvalue weighted by Gasteiger charge is 2.41. The molecule has 2 heteroatoms. The first-order valence-corrected chi connectivity index (χ1v) is 8.18. The molecule has 2 atom stereocenters. The van der Waals surface area contributed by atoms with E-state index in [0.29, 0.717) is 0 Å². The van der Waals surface area contributed by atoms with Crippen molar-refractivity contribution in [2.24, 2.45) is 11.8 Å². The second-order valence-electron chi connectivity index (χ2n) is 6.78. The largest absolute Gasteiger partial charge is 0.316 e. The third-order valence-electron chi connectivity index (χ3n) is 4.55. The molecule has 18 heavy (non-hydrogen) atoms. The van der Waals surface area contributed by atoms with Crippen LogP contribution in [0.4, 0.5) is 0 Å². The van der Waals surface area contributed by atoms with Gasteiger partial charge < -0.3 is 5.32 Å². The standard InChI is InChI=1S/C16H32N2/c1-4-5-10-18(15-7-8-15)16-9-6-14(16)12-17-11-13(2)3/h13-17H,4-12H2,1-3H3. The van der Waals surface area contributed by atoms with E-state index in [2.05, 4.69) is 31.0 Å². The zero-order chi connectivity index (χ0) is 13.0. The molecule has 106 valence electrons. The number of hydrogen-bond donors (Lipinski definition) is 1. The minimum absolute atomic E-state index is 0.781. The summed E-state index contributed by atoms with van der Waals surface area (Å²) in [6.07, 6.45) is 8.56. The maximum Gasteiger partial charge on any atom is 0.0139 e. The van der Waals surface area contributed by atoms with Crippen LogP contribution in [0.3, 0.4) is 0 Å². The van der Waals surface area contributed by atoms with Crippen molar-refractivity contribution in [1.29, 1.82) is 0 Å². The van der Waals surface area contributed by atoms with E-state index in [1.54, 1.807) is 0 Å².